The molecule has 0 unspecified atom stereocenters. The Bertz CT molecular complexity index is 421. The Morgan fingerprint density at radius 2 is 2.20 bits per heavy atom. The number of rotatable bonds is 9. The number of halogens is 1. The third-order valence-electron chi connectivity index (χ3n) is 3.64. The molecule has 2 rings (SSSR count). The molecule has 0 saturated heterocycles. The van der Waals surface area contributed by atoms with Crippen LogP contribution in [0.5, 0.6) is 0 Å². The lowest BCUT2D eigenvalue weighted by molar-refractivity contribution is 0.131. The van der Waals surface area contributed by atoms with Crippen LogP contribution in [0.15, 0.2) is 18.2 Å². The summed E-state index contributed by atoms with van der Waals surface area (Å²) in [6, 6.07) is 5.26. The maximum Gasteiger partial charge on any atom is 0.146 e. The molecular weight excluding hydrogens is 255 g/mol. The quantitative estimate of drug-likeness (QED) is 0.704. The van der Waals surface area contributed by atoms with Gasteiger partial charge in [0.15, 0.2) is 0 Å². The molecule has 112 valence electrons. The third kappa shape index (κ3) is 4.46. The molecule has 0 atom stereocenters. The molecule has 0 amide bonds. The van der Waals surface area contributed by atoms with Crippen molar-refractivity contribution < 1.29 is 9.13 Å². The Morgan fingerprint density at radius 3 is 2.90 bits per heavy atom. The van der Waals surface area contributed by atoms with Gasteiger partial charge in [0.25, 0.3) is 0 Å². The van der Waals surface area contributed by atoms with E-state index in [-0.39, 0.29) is 5.82 Å². The summed E-state index contributed by atoms with van der Waals surface area (Å²) in [6.45, 7) is 5.85. The average Bonchev–Trinajstić information content (AvgIpc) is 3.25. The Balaban J connectivity index is 1.90. The molecule has 1 saturated carbocycles. The van der Waals surface area contributed by atoms with Crippen LogP contribution < -0.4 is 10.2 Å². The molecular formula is C16H25FN2O. The third-order valence-corrected chi connectivity index (χ3v) is 3.64. The fourth-order valence-corrected chi connectivity index (χ4v) is 2.24. The second-order valence-electron chi connectivity index (χ2n) is 5.47. The van der Waals surface area contributed by atoms with Crippen LogP contribution in [0.1, 0.15) is 25.3 Å². The Kier molecular flexibility index (Phi) is 5.80. The highest BCUT2D eigenvalue weighted by atomic mass is 19.1. The molecule has 0 heterocycles. The van der Waals surface area contributed by atoms with E-state index in [4.69, 9.17) is 4.74 Å². The van der Waals surface area contributed by atoms with E-state index in [1.165, 1.54) is 18.9 Å². The molecule has 20 heavy (non-hydrogen) atoms. The van der Waals surface area contributed by atoms with Gasteiger partial charge < -0.3 is 15.0 Å². The van der Waals surface area contributed by atoms with Crippen molar-refractivity contribution in [2.45, 2.75) is 26.3 Å². The first-order valence-corrected chi connectivity index (χ1v) is 7.49. The molecule has 1 fully saturated rings. The summed E-state index contributed by atoms with van der Waals surface area (Å²) in [5, 5.41) is 3.25. The summed E-state index contributed by atoms with van der Waals surface area (Å²) in [5.41, 5.74) is 1.68. The molecule has 0 spiro atoms. The van der Waals surface area contributed by atoms with Crippen LogP contribution in [0, 0.1) is 11.7 Å². The molecule has 1 aliphatic rings. The van der Waals surface area contributed by atoms with Crippen LogP contribution in [-0.4, -0.2) is 33.4 Å². The first-order valence-electron chi connectivity index (χ1n) is 7.49. The second-order valence-corrected chi connectivity index (χ2v) is 5.47. The number of hydrogen-bond acceptors (Lipinski definition) is 3. The number of nitrogens with zero attached hydrogens (tertiary/aromatic N) is 1. The van der Waals surface area contributed by atoms with Crippen LogP contribution in [-0.2, 0) is 11.3 Å². The number of ether oxygens (including phenoxy) is 1. The van der Waals surface area contributed by atoms with Gasteiger partial charge >= 0.3 is 0 Å². The summed E-state index contributed by atoms with van der Waals surface area (Å²) in [5.74, 6) is 0.614. The molecule has 1 aliphatic carbocycles. The zero-order chi connectivity index (χ0) is 14.4. The van der Waals surface area contributed by atoms with E-state index in [1.807, 2.05) is 18.0 Å². The van der Waals surface area contributed by atoms with Gasteiger partial charge in [-0.3, -0.25) is 0 Å². The average molecular weight is 280 g/mol. The van der Waals surface area contributed by atoms with Crippen LogP contribution in [0.3, 0.4) is 0 Å². The van der Waals surface area contributed by atoms with Crippen LogP contribution in [0.2, 0.25) is 0 Å². The molecule has 1 aromatic carbocycles. The molecule has 0 radical (unpaired) electrons. The lowest BCUT2D eigenvalue weighted by atomic mass is 10.1. The molecule has 0 aliphatic heterocycles. The van der Waals surface area contributed by atoms with Crippen molar-refractivity contribution in [2.75, 3.05) is 38.3 Å². The summed E-state index contributed by atoms with van der Waals surface area (Å²) >= 11 is 0. The zero-order valence-electron chi connectivity index (χ0n) is 12.5. The molecule has 0 bridgehead atoms. The van der Waals surface area contributed by atoms with Crippen LogP contribution in [0.4, 0.5) is 10.1 Å². The van der Waals surface area contributed by atoms with E-state index < -0.39 is 0 Å². The minimum atomic E-state index is -0.162. The lowest BCUT2D eigenvalue weighted by Crippen LogP contribution is -2.26. The van der Waals surface area contributed by atoms with Crippen molar-refractivity contribution in [3.05, 3.63) is 29.6 Å². The number of para-hydroxylation sites is 1. The van der Waals surface area contributed by atoms with Gasteiger partial charge in [-0.05, 0) is 36.9 Å². The maximum atomic E-state index is 14.1. The Labute approximate surface area is 121 Å². The number of anilines is 1. The van der Waals surface area contributed by atoms with E-state index in [0.29, 0.717) is 25.4 Å². The largest absolute Gasteiger partial charge is 0.379 e. The fraction of sp³-hybridized carbons (Fsp3) is 0.625. The minimum Gasteiger partial charge on any atom is -0.379 e. The van der Waals surface area contributed by atoms with E-state index >= 15 is 0 Å². The normalized spacial score (nSPS) is 14.6. The van der Waals surface area contributed by atoms with E-state index in [9.17, 15) is 4.39 Å². The fourth-order valence-electron chi connectivity index (χ4n) is 2.24. The van der Waals surface area contributed by atoms with Gasteiger partial charge in [-0.2, -0.15) is 0 Å². The van der Waals surface area contributed by atoms with E-state index in [0.717, 1.165) is 24.6 Å². The van der Waals surface area contributed by atoms with Gasteiger partial charge in [-0.25, -0.2) is 4.39 Å². The topological polar surface area (TPSA) is 24.5 Å². The monoisotopic (exact) mass is 280 g/mol. The van der Waals surface area contributed by atoms with Crippen molar-refractivity contribution >= 4 is 5.69 Å². The first kappa shape index (κ1) is 15.3. The van der Waals surface area contributed by atoms with Crippen molar-refractivity contribution in [3.8, 4) is 0 Å². The first-order chi connectivity index (χ1) is 9.72. The smallest absolute Gasteiger partial charge is 0.146 e. The second kappa shape index (κ2) is 7.60. The summed E-state index contributed by atoms with van der Waals surface area (Å²) in [7, 11) is 1.92. The molecule has 1 N–H and O–H groups in total. The number of benzene rings is 1. The van der Waals surface area contributed by atoms with E-state index in [2.05, 4.69) is 12.2 Å². The SMILES string of the molecule is CCNCc1cccc(F)c1N(C)CCOCC1CC1. The standard InChI is InChI=1S/C16H25FN2O/c1-3-18-11-14-5-4-6-15(17)16(14)19(2)9-10-20-12-13-7-8-13/h4-6,13,18H,3,7-12H2,1-2H3. The van der Waals surface area contributed by atoms with Gasteiger partial charge in [0, 0.05) is 26.7 Å². The van der Waals surface area contributed by atoms with Crippen molar-refractivity contribution in [2.24, 2.45) is 5.92 Å². The number of likely N-dealkylation sites (N-methyl/N-ethyl adjacent to an activating group) is 1. The predicted molar refractivity (Wildman–Crippen MR) is 80.6 cm³/mol. The zero-order valence-corrected chi connectivity index (χ0v) is 12.5. The number of nitrogens with one attached hydrogen (secondary N) is 1. The number of hydrogen-bond donors (Lipinski definition) is 1. The predicted octanol–water partition coefficient (Wildman–Crippen LogP) is 2.80. The highest BCUT2D eigenvalue weighted by Gasteiger charge is 2.21. The van der Waals surface area contributed by atoms with Crippen molar-refractivity contribution in [1.82, 2.24) is 5.32 Å². The van der Waals surface area contributed by atoms with Crippen molar-refractivity contribution in [1.29, 1.82) is 0 Å². The molecule has 3 nitrogen and oxygen atoms in total. The summed E-state index contributed by atoms with van der Waals surface area (Å²) in [6.07, 6.45) is 2.60. The Morgan fingerprint density at radius 1 is 1.40 bits per heavy atom. The molecule has 0 aromatic heterocycles. The van der Waals surface area contributed by atoms with Gasteiger partial charge in [0.1, 0.15) is 5.82 Å². The summed E-state index contributed by atoms with van der Waals surface area (Å²) in [4.78, 5) is 1.95. The minimum absolute atomic E-state index is 0.162. The van der Waals surface area contributed by atoms with Crippen LogP contribution in [0.25, 0.3) is 0 Å². The lowest BCUT2D eigenvalue weighted by Gasteiger charge is -2.23. The highest BCUT2D eigenvalue weighted by Crippen LogP contribution is 2.29. The molecule has 4 heteroatoms. The van der Waals surface area contributed by atoms with E-state index in [1.54, 1.807) is 6.07 Å². The van der Waals surface area contributed by atoms with Crippen molar-refractivity contribution in [3.63, 3.8) is 0 Å². The van der Waals surface area contributed by atoms with Crippen LogP contribution >= 0.6 is 0 Å². The summed E-state index contributed by atoms with van der Waals surface area (Å²) < 4.78 is 19.7. The molecule has 1 aromatic rings. The highest BCUT2D eigenvalue weighted by molar-refractivity contribution is 5.54. The van der Waals surface area contributed by atoms with Gasteiger partial charge in [0.05, 0.1) is 12.3 Å². The van der Waals surface area contributed by atoms with Gasteiger partial charge in [-0.1, -0.05) is 19.1 Å². The van der Waals surface area contributed by atoms with Gasteiger partial charge in [-0.15, -0.1) is 0 Å². The Hall–Kier alpha value is -1.13. The van der Waals surface area contributed by atoms with Gasteiger partial charge in [0.2, 0.25) is 0 Å². The maximum absolute atomic E-state index is 14.1.